The van der Waals surface area contributed by atoms with Gasteiger partial charge in [-0.15, -0.1) is 11.8 Å². The predicted molar refractivity (Wildman–Crippen MR) is 80.7 cm³/mol. The summed E-state index contributed by atoms with van der Waals surface area (Å²) in [6.45, 7) is 7.91. The van der Waals surface area contributed by atoms with Crippen molar-refractivity contribution in [2.75, 3.05) is 0 Å². The van der Waals surface area contributed by atoms with Crippen LogP contribution in [0.1, 0.15) is 24.7 Å². The summed E-state index contributed by atoms with van der Waals surface area (Å²) in [6.07, 6.45) is 0. The molecule has 96 valence electrons. The van der Waals surface area contributed by atoms with E-state index in [1.807, 2.05) is 19.1 Å². The van der Waals surface area contributed by atoms with Crippen LogP contribution in [0, 0.1) is 0 Å². The van der Waals surface area contributed by atoms with Gasteiger partial charge < -0.3 is 5.11 Å². The molecule has 2 unspecified atom stereocenters. The third-order valence-electron chi connectivity index (χ3n) is 2.98. The zero-order valence-electron chi connectivity index (χ0n) is 10.2. The Hall–Kier alpha value is -0.570. The summed E-state index contributed by atoms with van der Waals surface area (Å²) < 4.78 is 0. The van der Waals surface area contributed by atoms with Gasteiger partial charge in [0.25, 0.3) is 0 Å². The second-order valence-electron chi connectivity index (χ2n) is 4.41. The highest BCUT2D eigenvalue weighted by Crippen LogP contribution is 2.49. The lowest BCUT2D eigenvalue weighted by Crippen LogP contribution is -1.97. The molecule has 1 nitrogen and oxygen atoms in total. The van der Waals surface area contributed by atoms with Crippen molar-refractivity contribution < 1.29 is 5.11 Å². The molecule has 0 bridgehead atoms. The molecule has 1 N–H and O–H groups in total. The minimum absolute atomic E-state index is 0.0820. The monoisotopic (exact) mass is 300 g/mol. The van der Waals surface area contributed by atoms with Crippen LogP contribution in [0.2, 0.25) is 10.0 Å². The van der Waals surface area contributed by atoms with Crippen LogP contribution in [0.5, 0.6) is 0 Å². The summed E-state index contributed by atoms with van der Waals surface area (Å²) in [5, 5.41) is 11.5. The summed E-state index contributed by atoms with van der Waals surface area (Å²) in [5.41, 5.74) is 2.82. The van der Waals surface area contributed by atoms with Crippen molar-refractivity contribution in [1.29, 1.82) is 0 Å². The fraction of sp³-hybridized carbons (Fsp3) is 0.286. The first kappa shape index (κ1) is 13.9. The van der Waals surface area contributed by atoms with Crippen LogP contribution in [0.4, 0.5) is 0 Å². The van der Waals surface area contributed by atoms with Crippen molar-refractivity contribution in [3.05, 3.63) is 57.3 Å². The van der Waals surface area contributed by atoms with Gasteiger partial charge in [-0.2, -0.15) is 0 Å². The normalized spacial score (nSPS) is 23.6. The van der Waals surface area contributed by atoms with Gasteiger partial charge in [0.1, 0.15) is 5.76 Å². The Morgan fingerprint density at radius 1 is 1.33 bits per heavy atom. The zero-order valence-corrected chi connectivity index (χ0v) is 12.5. The van der Waals surface area contributed by atoms with Crippen LogP contribution < -0.4 is 0 Å². The van der Waals surface area contributed by atoms with Crippen LogP contribution >= 0.6 is 35.0 Å². The third-order valence-corrected chi connectivity index (χ3v) is 5.13. The van der Waals surface area contributed by atoms with Gasteiger partial charge >= 0.3 is 0 Å². The summed E-state index contributed by atoms with van der Waals surface area (Å²) in [5.74, 6) is 0.387. The van der Waals surface area contributed by atoms with E-state index in [-0.39, 0.29) is 10.5 Å². The second kappa shape index (κ2) is 5.20. The van der Waals surface area contributed by atoms with Crippen LogP contribution in [-0.2, 0) is 0 Å². The van der Waals surface area contributed by atoms with E-state index in [2.05, 4.69) is 13.5 Å². The minimum Gasteiger partial charge on any atom is -0.510 e. The van der Waals surface area contributed by atoms with Crippen molar-refractivity contribution in [3.63, 3.8) is 0 Å². The highest BCUT2D eigenvalue weighted by molar-refractivity contribution is 8.00. The fourth-order valence-electron chi connectivity index (χ4n) is 2.16. The van der Waals surface area contributed by atoms with E-state index in [1.54, 1.807) is 17.8 Å². The van der Waals surface area contributed by atoms with Crippen molar-refractivity contribution in [2.45, 2.75) is 24.3 Å². The Balaban J connectivity index is 2.41. The Bertz CT molecular complexity index is 537. The Labute approximate surface area is 121 Å². The largest absolute Gasteiger partial charge is 0.510 e. The highest BCUT2D eigenvalue weighted by Gasteiger charge is 2.33. The lowest BCUT2D eigenvalue weighted by atomic mass is 10.0. The fourth-order valence-corrected chi connectivity index (χ4v) is 3.90. The molecular formula is C14H14Cl2OS. The maximum absolute atomic E-state index is 10.3. The van der Waals surface area contributed by atoms with Gasteiger partial charge in [0, 0.05) is 10.8 Å². The molecule has 0 spiro atoms. The standard InChI is InChI=1S/C14H14Cl2OS/c1-7(2)12-8(3)18-14(13(12)17)9-4-5-10(15)11(16)6-9/h4-6,8,14,17H,1H2,2-3H3. The quantitative estimate of drug-likeness (QED) is 0.772. The topological polar surface area (TPSA) is 20.2 Å². The molecule has 1 aromatic carbocycles. The number of rotatable bonds is 2. The van der Waals surface area contributed by atoms with Crippen LogP contribution in [0.15, 0.2) is 41.7 Å². The number of hydrogen-bond acceptors (Lipinski definition) is 2. The number of allylic oxidation sites excluding steroid dienone is 1. The molecular weight excluding hydrogens is 287 g/mol. The van der Waals surface area contributed by atoms with E-state index in [1.165, 1.54) is 0 Å². The number of aliphatic hydroxyl groups is 1. The molecule has 18 heavy (non-hydrogen) atoms. The molecule has 0 saturated carbocycles. The Kier molecular flexibility index (Phi) is 4.00. The number of thioether (sulfide) groups is 1. The third kappa shape index (κ3) is 2.42. The summed E-state index contributed by atoms with van der Waals surface area (Å²) in [6, 6.07) is 5.47. The van der Waals surface area contributed by atoms with E-state index in [0.29, 0.717) is 15.8 Å². The van der Waals surface area contributed by atoms with E-state index in [9.17, 15) is 5.11 Å². The van der Waals surface area contributed by atoms with Gasteiger partial charge in [0.2, 0.25) is 0 Å². The first-order valence-corrected chi connectivity index (χ1v) is 7.31. The molecule has 2 atom stereocenters. The van der Waals surface area contributed by atoms with Crippen molar-refractivity contribution >= 4 is 35.0 Å². The maximum atomic E-state index is 10.3. The summed E-state index contributed by atoms with van der Waals surface area (Å²) >= 11 is 13.6. The predicted octanol–water partition coefficient (Wildman–Crippen LogP) is 5.56. The molecule has 0 saturated heterocycles. The van der Waals surface area contributed by atoms with Gasteiger partial charge in [-0.05, 0) is 31.5 Å². The van der Waals surface area contributed by atoms with E-state index in [0.717, 1.165) is 16.7 Å². The number of hydrogen-bond donors (Lipinski definition) is 1. The summed E-state index contributed by atoms with van der Waals surface area (Å²) in [7, 11) is 0. The van der Waals surface area contributed by atoms with Gasteiger partial charge in [0.05, 0.1) is 15.3 Å². The average Bonchev–Trinajstić information content (AvgIpc) is 2.58. The number of aliphatic hydroxyl groups excluding tert-OH is 1. The molecule has 1 aliphatic heterocycles. The van der Waals surface area contributed by atoms with Crippen LogP contribution in [0.25, 0.3) is 0 Å². The lowest BCUT2D eigenvalue weighted by Gasteiger charge is -2.12. The van der Waals surface area contributed by atoms with Crippen molar-refractivity contribution in [2.24, 2.45) is 0 Å². The second-order valence-corrected chi connectivity index (χ2v) is 6.68. The van der Waals surface area contributed by atoms with E-state index in [4.69, 9.17) is 23.2 Å². The van der Waals surface area contributed by atoms with Crippen LogP contribution in [-0.4, -0.2) is 10.4 Å². The smallest absolute Gasteiger partial charge is 0.114 e. The first-order valence-electron chi connectivity index (χ1n) is 5.61. The number of halogens is 2. The minimum atomic E-state index is -0.0820. The molecule has 0 amide bonds. The molecule has 0 radical (unpaired) electrons. The average molecular weight is 301 g/mol. The van der Waals surface area contributed by atoms with Crippen molar-refractivity contribution in [3.8, 4) is 0 Å². The molecule has 0 aliphatic carbocycles. The van der Waals surface area contributed by atoms with Gasteiger partial charge in [-0.25, -0.2) is 0 Å². The van der Waals surface area contributed by atoms with Gasteiger partial charge in [-0.1, -0.05) is 41.4 Å². The number of benzene rings is 1. The lowest BCUT2D eigenvalue weighted by molar-refractivity contribution is 0.392. The SMILES string of the molecule is C=C(C)C1=C(O)C(c2ccc(Cl)c(Cl)c2)SC1C. The maximum Gasteiger partial charge on any atom is 0.114 e. The van der Waals surface area contributed by atoms with Gasteiger partial charge in [0.15, 0.2) is 0 Å². The molecule has 1 aliphatic rings. The van der Waals surface area contributed by atoms with E-state index >= 15 is 0 Å². The first-order chi connectivity index (χ1) is 8.41. The highest BCUT2D eigenvalue weighted by atomic mass is 35.5. The van der Waals surface area contributed by atoms with Crippen molar-refractivity contribution in [1.82, 2.24) is 0 Å². The molecule has 4 heteroatoms. The van der Waals surface area contributed by atoms with Gasteiger partial charge in [-0.3, -0.25) is 0 Å². The Morgan fingerprint density at radius 2 is 2.00 bits per heavy atom. The molecule has 1 heterocycles. The van der Waals surface area contributed by atoms with E-state index < -0.39 is 0 Å². The van der Waals surface area contributed by atoms with Crippen LogP contribution in [0.3, 0.4) is 0 Å². The molecule has 0 aromatic heterocycles. The zero-order chi connectivity index (χ0) is 13.4. The molecule has 0 fully saturated rings. The Morgan fingerprint density at radius 3 is 2.50 bits per heavy atom. The molecule has 1 aromatic rings. The summed E-state index contributed by atoms with van der Waals surface area (Å²) in [4.78, 5) is 0. The molecule has 2 rings (SSSR count).